The van der Waals surface area contributed by atoms with Gasteiger partial charge in [-0.25, -0.2) is 0 Å². The number of carbonyl (C=O) groups excluding carboxylic acids is 1. The summed E-state index contributed by atoms with van der Waals surface area (Å²) in [6.45, 7) is 2.63. The fourth-order valence-electron chi connectivity index (χ4n) is 1.69. The molecule has 19 heavy (non-hydrogen) atoms. The largest absolute Gasteiger partial charge is 0.482 e. The van der Waals surface area contributed by atoms with Gasteiger partial charge in [-0.2, -0.15) is 0 Å². The van der Waals surface area contributed by atoms with Gasteiger partial charge in [0, 0.05) is 12.6 Å². The Bertz CT molecular complexity index is 459. The van der Waals surface area contributed by atoms with Gasteiger partial charge < -0.3 is 15.8 Å². The van der Waals surface area contributed by atoms with Crippen LogP contribution in [0.3, 0.4) is 0 Å². The summed E-state index contributed by atoms with van der Waals surface area (Å²) < 4.78 is 5.40. The Hall–Kier alpha value is -1.26. The molecule has 2 rings (SSSR count). The molecule has 1 amide bonds. The minimum Gasteiger partial charge on any atom is -0.482 e. The van der Waals surface area contributed by atoms with E-state index in [1.54, 1.807) is 12.1 Å². The Morgan fingerprint density at radius 1 is 1.58 bits per heavy atom. The van der Waals surface area contributed by atoms with Gasteiger partial charge in [0.05, 0.1) is 5.02 Å². The molecule has 1 aromatic carbocycles. The molecule has 0 spiro atoms. The Labute approximate surface area is 118 Å². The highest BCUT2D eigenvalue weighted by molar-refractivity contribution is 6.32. The van der Waals surface area contributed by atoms with Crippen LogP contribution in [0.2, 0.25) is 5.02 Å². The van der Waals surface area contributed by atoms with E-state index in [-0.39, 0.29) is 18.6 Å². The lowest BCUT2D eigenvalue weighted by Crippen LogP contribution is -2.30. The Balaban J connectivity index is 1.82. The zero-order valence-electron chi connectivity index (χ0n) is 11.0. The van der Waals surface area contributed by atoms with E-state index in [4.69, 9.17) is 22.1 Å². The smallest absolute Gasteiger partial charge is 0.257 e. The van der Waals surface area contributed by atoms with Crippen LogP contribution in [-0.4, -0.2) is 19.1 Å². The number of halogens is 1. The number of carbonyl (C=O) groups is 1. The van der Waals surface area contributed by atoms with Crippen molar-refractivity contribution in [3.63, 3.8) is 0 Å². The normalized spacial score (nSPS) is 15.9. The van der Waals surface area contributed by atoms with Gasteiger partial charge in [0.25, 0.3) is 5.91 Å². The SMILES string of the molecule is C[C@H](N)c1ccc(OCC(=O)NCC2CC2)c(Cl)c1. The molecule has 0 aliphatic heterocycles. The highest BCUT2D eigenvalue weighted by Crippen LogP contribution is 2.28. The Morgan fingerprint density at radius 2 is 2.32 bits per heavy atom. The molecule has 0 radical (unpaired) electrons. The number of ether oxygens (including phenoxy) is 1. The molecule has 1 saturated carbocycles. The molecular weight excluding hydrogens is 264 g/mol. The number of benzene rings is 1. The van der Waals surface area contributed by atoms with Crippen LogP contribution in [0.15, 0.2) is 18.2 Å². The molecule has 0 unspecified atom stereocenters. The third-order valence-corrected chi connectivity index (χ3v) is 3.42. The molecular formula is C14H19ClN2O2. The van der Waals surface area contributed by atoms with Crippen molar-refractivity contribution in [2.75, 3.05) is 13.2 Å². The van der Waals surface area contributed by atoms with Crippen LogP contribution in [0, 0.1) is 5.92 Å². The van der Waals surface area contributed by atoms with Gasteiger partial charge in [0.2, 0.25) is 0 Å². The summed E-state index contributed by atoms with van der Waals surface area (Å²) in [7, 11) is 0. The predicted molar refractivity (Wildman–Crippen MR) is 75.3 cm³/mol. The minimum atomic E-state index is -0.112. The van der Waals surface area contributed by atoms with Crippen molar-refractivity contribution in [2.24, 2.45) is 11.7 Å². The first-order valence-corrected chi connectivity index (χ1v) is 6.88. The molecule has 1 atom stereocenters. The zero-order valence-corrected chi connectivity index (χ0v) is 11.7. The van der Waals surface area contributed by atoms with Gasteiger partial charge >= 0.3 is 0 Å². The van der Waals surface area contributed by atoms with Crippen LogP contribution in [0.1, 0.15) is 31.4 Å². The molecule has 1 aliphatic rings. The zero-order chi connectivity index (χ0) is 13.8. The van der Waals surface area contributed by atoms with Crippen molar-refractivity contribution in [3.8, 4) is 5.75 Å². The van der Waals surface area contributed by atoms with Gasteiger partial charge in [0.15, 0.2) is 6.61 Å². The minimum absolute atomic E-state index is 0.00996. The van der Waals surface area contributed by atoms with Crippen molar-refractivity contribution < 1.29 is 9.53 Å². The number of nitrogens with two attached hydrogens (primary N) is 1. The highest BCUT2D eigenvalue weighted by Gasteiger charge is 2.21. The van der Waals surface area contributed by atoms with Gasteiger partial charge in [-0.15, -0.1) is 0 Å². The van der Waals surface area contributed by atoms with E-state index in [9.17, 15) is 4.79 Å². The predicted octanol–water partition coefficient (Wildman–Crippen LogP) is 2.26. The summed E-state index contributed by atoms with van der Waals surface area (Å²) in [6, 6.07) is 5.29. The van der Waals surface area contributed by atoms with Crippen LogP contribution in [0.25, 0.3) is 0 Å². The number of hydrogen-bond acceptors (Lipinski definition) is 3. The van der Waals surface area contributed by atoms with Crippen molar-refractivity contribution in [2.45, 2.75) is 25.8 Å². The molecule has 1 aromatic rings. The van der Waals surface area contributed by atoms with E-state index in [1.165, 1.54) is 12.8 Å². The monoisotopic (exact) mass is 282 g/mol. The van der Waals surface area contributed by atoms with Crippen molar-refractivity contribution in [1.29, 1.82) is 0 Å². The van der Waals surface area contributed by atoms with Gasteiger partial charge in [-0.1, -0.05) is 17.7 Å². The van der Waals surface area contributed by atoms with E-state index >= 15 is 0 Å². The average molecular weight is 283 g/mol. The third kappa shape index (κ3) is 4.40. The second-order valence-corrected chi connectivity index (χ2v) is 5.42. The topological polar surface area (TPSA) is 64.3 Å². The first-order valence-electron chi connectivity index (χ1n) is 6.51. The third-order valence-electron chi connectivity index (χ3n) is 3.13. The Morgan fingerprint density at radius 3 is 2.89 bits per heavy atom. The van der Waals surface area contributed by atoms with E-state index in [2.05, 4.69) is 5.32 Å². The fourth-order valence-corrected chi connectivity index (χ4v) is 1.94. The lowest BCUT2D eigenvalue weighted by Gasteiger charge is -2.11. The number of amides is 1. The molecule has 0 saturated heterocycles. The molecule has 4 nitrogen and oxygen atoms in total. The fraction of sp³-hybridized carbons (Fsp3) is 0.500. The van der Waals surface area contributed by atoms with Gasteiger partial charge in [0.1, 0.15) is 5.75 Å². The lowest BCUT2D eigenvalue weighted by atomic mass is 10.1. The summed E-state index contributed by atoms with van der Waals surface area (Å²) in [5, 5.41) is 3.31. The number of rotatable bonds is 6. The van der Waals surface area contributed by atoms with E-state index < -0.39 is 0 Å². The van der Waals surface area contributed by atoms with Crippen molar-refractivity contribution in [1.82, 2.24) is 5.32 Å². The summed E-state index contributed by atoms with van der Waals surface area (Å²) >= 11 is 6.08. The molecule has 0 aromatic heterocycles. The maximum atomic E-state index is 11.5. The van der Waals surface area contributed by atoms with E-state index in [1.807, 2.05) is 13.0 Å². The molecule has 1 fully saturated rings. The summed E-state index contributed by atoms with van der Waals surface area (Å²) in [4.78, 5) is 11.5. The summed E-state index contributed by atoms with van der Waals surface area (Å²) in [5.41, 5.74) is 6.71. The summed E-state index contributed by atoms with van der Waals surface area (Å²) in [5.74, 6) is 1.06. The molecule has 104 valence electrons. The average Bonchev–Trinajstić information content (AvgIpc) is 3.18. The molecule has 5 heteroatoms. The highest BCUT2D eigenvalue weighted by atomic mass is 35.5. The van der Waals surface area contributed by atoms with Crippen LogP contribution in [0.4, 0.5) is 0 Å². The van der Waals surface area contributed by atoms with Gasteiger partial charge in [-0.05, 0) is 43.4 Å². The van der Waals surface area contributed by atoms with Gasteiger partial charge in [-0.3, -0.25) is 4.79 Å². The molecule has 0 bridgehead atoms. The van der Waals surface area contributed by atoms with E-state index in [0.29, 0.717) is 16.7 Å². The first kappa shape index (κ1) is 14.2. The van der Waals surface area contributed by atoms with Crippen LogP contribution in [0.5, 0.6) is 5.75 Å². The molecule has 1 aliphatic carbocycles. The maximum Gasteiger partial charge on any atom is 0.257 e. The summed E-state index contributed by atoms with van der Waals surface area (Å²) in [6.07, 6.45) is 2.43. The van der Waals surface area contributed by atoms with Crippen molar-refractivity contribution in [3.05, 3.63) is 28.8 Å². The number of hydrogen-bond donors (Lipinski definition) is 2. The maximum absolute atomic E-state index is 11.5. The second-order valence-electron chi connectivity index (χ2n) is 5.01. The Kier molecular flexibility index (Phi) is 4.66. The van der Waals surface area contributed by atoms with Crippen LogP contribution in [-0.2, 0) is 4.79 Å². The quantitative estimate of drug-likeness (QED) is 0.841. The standard InChI is InChI=1S/C14H19ClN2O2/c1-9(16)11-4-5-13(12(15)6-11)19-8-14(18)17-7-10-2-3-10/h4-6,9-10H,2-3,7-8,16H2,1H3,(H,17,18)/t9-/m0/s1. The van der Waals surface area contributed by atoms with Crippen LogP contribution < -0.4 is 15.8 Å². The molecule has 0 heterocycles. The second kappa shape index (κ2) is 6.26. The number of nitrogens with one attached hydrogen (secondary N) is 1. The molecule has 3 N–H and O–H groups in total. The lowest BCUT2D eigenvalue weighted by molar-refractivity contribution is -0.123. The van der Waals surface area contributed by atoms with E-state index in [0.717, 1.165) is 12.1 Å². The first-order chi connectivity index (χ1) is 9.06. The van der Waals surface area contributed by atoms with Crippen molar-refractivity contribution >= 4 is 17.5 Å². The van der Waals surface area contributed by atoms with Crippen LogP contribution >= 0.6 is 11.6 Å².